The molecule has 0 amide bonds. The van der Waals surface area contributed by atoms with Crippen LogP contribution in [0.15, 0.2) is 4.99 Å². The molecular weight excluding hydrogens is 240 g/mol. The third-order valence-corrected chi connectivity index (χ3v) is 4.10. The number of nitrogens with zero attached hydrogens (tertiary/aromatic N) is 1. The Labute approximate surface area is 116 Å². The van der Waals surface area contributed by atoms with Gasteiger partial charge in [-0.2, -0.15) is 0 Å². The van der Waals surface area contributed by atoms with Gasteiger partial charge >= 0.3 is 0 Å². The molecule has 110 valence electrons. The summed E-state index contributed by atoms with van der Waals surface area (Å²) in [5, 5.41) is 3.36. The minimum Gasteiger partial charge on any atom is -0.376 e. The summed E-state index contributed by atoms with van der Waals surface area (Å²) in [5.41, 5.74) is 2.65. The molecule has 0 aromatic rings. The van der Waals surface area contributed by atoms with Crippen LogP contribution in [-0.2, 0) is 4.74 Å². The SMILES string of the molecule is NNC(=NCCOC1CCCCC1)NC1CCCC1. The fourth-order valence-corrected chi connectivity index (χ4v) is 3.01. The van der Waals surface area contributed by atoms with Crippen molar-refractivity contribution in [1.82, 2.24) is 10.7 Å². The van der Waals surface area contributed by atoms with Crippen LogP contribution >= 0.6 is 0 Å². The normalized spacial score (nSPS) is 22.7. The summed E-state index contributed by atoms with van der Waals surface area (Å²) in [6.45, 7) is 1.37. The summed E-state index contributed by atoms with van der Waals surface area (Å²) in [6, 6.07) is 0.536. The van der Waals surface area contributed by atoms with Gasteiger partial charge in [-0.25, -0.2) is 10.8 Å². The quantitative estimate of drug-likeness (QED) is 0.233. The molecule has 0 aromatic heterocycles. The molecular formula is C14H28N4O. The van der Waals surface area contributed by atoms with E-state index in [4.69, 9.17) is 10.6 Å². The lowest BCUT2D eigenvalue weighted by molar-refractivity contribution is 0.0334. The largest absolute Gasteiger partial charge is 0.376 e. The van der Waals surface area contributed by atoms with Crippen LogP contribution in [0.4, 0.5) is 0 Å². The Balaban J connectivity index is 1.61. The first-order chi connectivity index (χ1) is 9.38. The van der Waals surface area contributed by atoms with E-state index in [1.165, 1.54) is 57.8 Å². The summed E-state index contributed by atoms with van der Waals surface area (Å²) in [6.07, 6.45) is 11.9. The molecule has 4 N–H and O–H groups in total. The first kappa shape index (κ1) is 14.6. The number of rotatable bonds is 5. The van der Waals surface area contributed by atoms with Gasteiger partial charge in [0.2, 0.25) is 5.96 Å². The lowest BCUT2D eigenvalue weighted by Gasteiger charge is -2.21. The van der Waals surface area contributed by atoms with E-state index >= 15 is 0 Å². The van der Waals surface area contributed by atoms with Gasteiger partial charge in [0.25, 0.3) is 0 Å². The third-order valence-electron chi connectivity index (χ3n) is 4.10. The maximum Gasteiger partial charge on any atom is 0.206 e. The predicted octanol–water partition coefficient (Wildman–Crippen LogP) is 1.69. The molecule has 2 saturated carbocycles. The van der Waals surface area contributed by atoms with Crippen LogP contribution in [0.3, 0.4) is 0 Å². The number of nitrogens with one attached hydrogen (secondary N) is 2. The molecule has 0 aliphatic heterocycles. The van der Waals surface area contributed by atoms with Gasteiger partial charge in [-0.15, -0.1) is 0 Å². The molecule has 2 aliphatic carbocycles. The topological polar surface area (TPSA) is 71.7 Å². The summed E-state index contributed by atoms with van der Waals surface area (Å²) >= 11 is 0. The lowest BCUT2D eigenvalue weighted by atomic mass is 9.98. The first-order valence-electron chi connectivity index (χ1n) is 7.77. The molecule has 2 aliphatic rings. The maximum atomic E-state index is 5.84. The van der Waals surface area contributed by atoms with Crippen LogP contribution in [-0.4, -0.2) is 31.3 Å². The van der Waals surface area contributed by atoms with Crippen molar-refractivity contribution in [1.29, 1.82) is 0 Å². The second-order valence-corrected chi connectivity index (χ2v) is 5.63. The van der Waals surface area contributed by atoms with E-state index in [1.807, 2.05) is 0 Å². The number of hydrogen-bond donors (Lipinski definition) is 3. The van der Waals surface area contributed by atoms with E-state index in [9.17, 15) is 0 Å². The van der Waals surface area contributed by atoms with Gasteiger partial charge in [0.15, 0.2) is 0 Å². The van der Waals surface area contributed by atoms with E-state index in [1.54, 1.807) is 0 Å². The molecule has 0 bridgehead atoms. The van der Waals surface area contributed by atoms with Crippen LogP contribution in [0.1, 0.15) is 57.8 Å². The zero-order chi connectivity index (χ0) is 13.3. The second-order valence-electron chi connectivity index (χ2n) is 5.63. The Kier molecular flexibility index (Phi) is 6.44. The van der Waals surface area contributed by atoms with Crippen molar-refractivity contribution in [2.45, 2.75) is 69.9 Å². The van der Waals surface area contributed by atoms with Crippen molar-refractivity contribution in [3.05, 3.63) is 0 Å². The van der Waals surface area contributed by atoms with Gasteiger partial charge in [0.1, 0.15) is 0 Å². The van der Waals surface area contributed by atoms with Crippen molar-refractivity contribution in [2.75, 3.05) is 13.2 Å². The molecule has 0 spiro atoms. The molecule has 0 atom stereocenters. The van der Waals surface area contributed by atoms with Crippen molar-refractivity contribution in [2.24, 2.45) is 10.8 Å². The maximum absolute atomic E-state index is 5.84. The van der Waals surface area contributed by atoms with Crippen LogP contribution in [0.25, 0.3) is 0 Å². The Morgan fingerprint density at radius 2 is 1.74 bits per heavy atom. The van der Waals surface area contributed by atoms with Crippen LogP contribution in [0.2, 0.25) is 0 Å². The number of hydrogen-bond acceptors (Lipinski definition) is 3. The van der Waals surface area contributed by atoms with Crippen molar-refractivity contribution >= 4 is 5.96 Å². The number of aliphatic imine (C=N–C) groups is 1. The van der Waals surface area contributed by atoms with Gasteiger partial charge in [-0.1, -0.05) is 32.1 Å². The van der Waals surface area contributed by atoms with E-state index in [0.29, 0.717) is 31.3 Å². The highest BCUT2D eigenvalue weighted by atomic mass is 16.5. The van der Waals surface area contributed by atoms with Crippen LogP contribution < -0.4 is 16.6 Å². The highest BCUT2D eigenvalue weighted by Gasteiger charge is 2.16. The van der Waals surface area contributed by atoms with Crippen LogP contribution in [0.5, 0.6) is 0 Å². The monoisotopic (exact) mass is 268 g/mol. The van der Waals surface area contributed by atoms with Gasteiger partial charge in [-0.05, 0) is 25.7 Å². The number of ether oxygens (including phenoxy) is 1. The van der Waals surface area contributed by atoms with Gasteiger partial charge in [0.05, 0.1) is 19.3 Å². The first-order valence-corrected chi connectivity index (χ1v) is 7.77. The second kappa shape index (κ2) is 8.38. The van der Waals surface area contributed by atoms with E-state index in [0.717, 1.165) is 0 Å². The molecule has 2 fully saturated rings. The highest BCUT2D eigenvalue weighted by Crippen LogP contribution is 2.20. The highest BCUT2D eigenvalue weighted by molar-refractivity contribution is 5.79. The van der Waals surface area contributed by atoms with Gasteiger partial charge < -0.3 is 10.1 Å². The zero-order valence-corrected chi connectivity index (χ0v) is 11.9. The molecule has 0 radical (unpaired) electrons. The zero-order valence-electron chi connectivity index (χ0n) is 11.9. The average Bonchev–Trinajstić information content (AvgIpc) is 2.96. The average molecular weight is 268 g/mol. The Hall–Kier alpha value is -0.810. The molecule has 5 heteroatoms. The Morgan fingerprint density at radius 1 is 1.05 bits per heavy atom. The molecule has 0 unspecified atom stereocenters. The standard InChI is InChI=1S/C14H28N4O/c15-18-14(17-12-6-4-5-7-12)16-10-11-19-13-8-2-1-3-9-13/h12-13H,1-11,15H2,(H2,16,17,18). The minimum absolute atomic E-state index is 0.459. The van der Waals surface area contributed by atoms with Crippen LogP contribution in [0, 0.1) is 0 Å². The summed E-state index contributed by atoms with van der Waals surface area (Å²) in [5.74, 6) is 6.20. The summed E-state index contributed by atoms with van der Waals surface area (Å²) in [4.78, 5) is 4.43. The number of nitrogens with two attached hydrogens (primary N) is 1. The summed E-state index contributed by atoms with van der Waals surface area (Å²) in [7, 11) is 0. The third kappa shape index (κ3) is 5.37. The molecule has 2 rings (SSSR count). The molecule has 0 saturated heterocycles. The Bertz CT molecular complexity index is 271. The molecule has 0 aromatic carbocycles. The van der Waals surface area contributed by atoms with Crippen molar-refractivity contribution < 1.29 is 4.74 Å². The number of hydrazine groups is 1. The smallest absolute Gasteiger partial charge is 0.206 e. The van der Waals surface area contributed by atoms with E-state index in [-0.39, 0.29) is 0 Å². The fourth-order valence-electron chi connectivity index (χ4n) is 3.01. The summed E-state index contributed by atoms with van der Waals surface area (Å²) < 4.78 is 5.84. The fraction of sp³-hybridized carbons (Fsp3) is 0.929. The van der Waals surface area contributed by atoms with Gasteiger partial charge in [0, 0.05) is 6.04 Å². The molecule has 5 nitrogen and oxygen atoms in total. The van der Waals surface area contributed by atoms with E-state index < -0.39 is 0 Å². The van der Waals surface area contributed by atoms with Crippen molar-refractivity contribution in [3.8, 4) is 0 Å². The predicted molar refractivity (Wildman–Crippen MR) is 77.8 cm³/mol. The number of guanidine groups is 1. The molecule has 19 heavy (non-hydrogen) atoms. The Morgan fingerprint density at radius 3 is 2.42 bits per heavy atom. The van der Waals surface area contributed by atoms with Crippen molar-refractivity contribution in [3.63, 3.8) is 0 Å². The van der Waals surface area contributed by atoms with E-state index in [2.05, 4.69) is 15.7 Å². The molecule has 0 heterocycles. The lowest BCUT2D eigenvalue weighted by Crippen LogP contribution is -2.45. The minimum atomic E-state index is 0.459. The van der Waals surface area contributed by atoms with Gasteiger partial charge in [-0.3, -0.25) is 5.43 Å².